The SMILES string of the molecule is Cc1ccc2c(c1)COCCN2c1cc(C)c(NC(=O)CC(C)(C)C)c(C)c1. The largest absolute Gasteiger partial charge is 0.375 e. The number of aryl methyl sites for hydroxylation is 3. The van der Waals surface area contributed by atoms with E-state index in [-0.39, 0.29) is 11.3 Å². The Morgan fingerprint density at radius 3 is 2.43 bits per heavy atom. The van der Waals surface area contributed by atoms with Crippen molar-refractivity contribution < 1.29 is 9.53 Å². The van der Waals surface area contributed by atoms with Gasteiger partial charge in [0.2, 0.25) is 5.91 Å². The fourth-order valence-electron chi connectivity index (χ4n) is 3.78. The van der Waals surface area contributed by atoms with Crippen molar-refractivity contribution in [1.82, 2.24) is 0 Å². The zero-order valence-corrected chi connectivity index (χ0v) is 18.0. The van der Waals surface area contributed by atoms with Crippen molar-refractivity contribution in [3.05, 3.63) is 52.6 Å². The number of hydrogen-bond donors (Lipinski definition) is 1. The van der Waals surface area contributed by atoms with Crippen molar-refractivity contribution in [2.24, 2.45) is 5.41 Å². The second-order valence-electron chi connectivity index (χ2n) is 9.08. The number of carbonyl (C=O) groups excluding carboxylic acids is 1. The molecule has 150 valence electrons. The number of nitrogens with one attached hydrogen (secondary N) is 1. The molecule has 0 bridgehead atoms. The minimum Gasteiger partial charge on any atom is -0.375 e. The third-order valence-electron chi connectivity index (χ3n) is 5.03. The van der Waals surface area contributed by atoms with E-state index in [0.29, 0.717) is 19.6 Å². The molecule has 2 aromatic rings. The average molecular weight is 381 g/mol. The van der Waals surface area contributed by atoms with Gasteiger partial charge in [-0.3, -0.25) is 4.79 Å². The van der Waals surface area contributed by atoms with Gasteiger partial charge in [-0.1, -0.05) is 38.5 Å². The van der Waals surface area contributed by atoms with E-state index in [1.807, 2.05) is 0 Å². The summed E-state index contributed by atoms with van der Waals surface area (Å²) >= 11 is 0. The minimum atomic E-state index is -0.0280. The number of nitrogens with zero attached hydrogens (tertiary/aromatic N) is 1. The summed E-state index contributed by atoms with van der Waals surface area (Å²) in [4.78, 5) is 14.7. The van der Waals surface area contributed by atoms with Crippen LogP contribution in [0.15, 0.2) is 30.3 Å². The molecule has 0 aliphatic carbocycles. The van der Waals surface area contributed by atoms with E-state index >= 15 is 0 Å². The smallest absolute Gasteiger partial charge is 0.224 e. The Morgan fingerprint density at radius 2 is 1.79 bits per heavy atom. The molecule has 1 amide bonds. The molecule has 4 nitrogen and oxygen atoms in total. The van der Waals surface area contributed by atoms with Crippen molar-refractivity contribution in [1.29, 1.82) is 0 Å². The molecule has 0 saturated carbocycles. The topological polar surface area (TPSA) is 41.6 Å². The molecule has 0 aromatic heterocycles. The summed E-state index contributed by atoms with van der Waals surface area (Å²) in [6.07, 6.45) is 0.504. The molecule has 3 rings (SSSR count). The van der Waals surface area contributed by atoms with Gasteiger partial charge >= 0.3 is 0 Å². The number of hydrogen-bond acceptors (Lipinski definition) is 3. The van der Waals surface area contributed by atoms with Crippen LogP contribution < -0.4 is 10.2 Å². The average Bonchev–Trinajstić information content (AvgIpc) is 2.78. The zero-order chi connectivity index (χ0) is 20.5. The maximum absolute atomic E-state index is 12.4. The van der Waals surface area contributed by atoms with Crippen molar-refractivity contribution in [3.8, 4) is 0 Å². The predicted molar refractivity (Wildman–Crippen MR) is 116 cm³/mol. The molecular weight excluding hydrogens is 348 g/mol. The van der Waals surface area contributed by atoms with Gasteiger partial charge in [0.15, 0.2) is 0 Å². The lowest BCUT2D eigenvalue weighted by molar-refractivity contribution is -0.117. The number of rotatable bonds is 3. The molecule has 0 atom stereocenters. The Morgan fingerprint density at radius 1 is 1.11 bits per heavy atom. The van der Waals surface area contributed by atoms with Crippen molar-refractivity contribution in [3.63, 3.8) is 0 Å². The van der Waals surface area contributed by atoms with Gasteiger partial charge in [0.05, 0.1) is 13.2 Å². The van der Waals surface area contributed by atoms with Crippen LogP contribution in [0.2, 0.25) is 0 Å². The molecular formula is C24H32N2O2. The first-order chi connectivity index (χ1) is 13.1. The molecule has 1 aliphatic rings. The third-order valence-corrected chi connectivity index (χ3v) is 5.03. The summed E-state index contributed by atoms with van der Waals surface area (Å²) in [7, 11) is 0. The van der Waals surface area contributed by atoms with Gasteiger partial charge in [0.1, 0.15) is 0 Å². The maximum Gasteiger partial charge on any atom is 0.224 e. The molecule has 0 unspecified atom stereocenters. The van der Waals surface area contributed by atoms with Gasteiger partial charge in [-0.15, -0.1) is 0 Å². The van der Waals surface area contributed by atoms with E-state index in [2.05, 4.69) is 82.1 Å². The molecule has 4 heteroatoms. The Bertz CT molecular complexity index is 858. The molecule has 0 radical (unpaired) electrons. The van der Waals surface area contributed by atoms with Crippen LogP contribution in [0.4, 0.5) is 17.1 Å². The Balaban J connectivity index is 1.92. The highest BCUT2D eigenvalue weighted by molar-refractivity contribution is 5.93. The van der Waals surface area contributed by atoms with E-state index in [1.165, 1.54) is 16.8 Å². The number of carbonyl (C=O) groups is 1. The van der Waals surface area contributed by atoms with Gasteiger partial charge in [-0.2, -0.15) is 0 Å². The van der Waals surface area contributed by atoms with Crippen LogP contribution >= 0.6 is 0 Å². The molecule has 2 aromatic carbocycles. The first-order valence-electron chi connectivity index (χ1n) is 10.00. The second kappa shape index (κ2) is 7.96. The van der Waals surface area contributed by atoms with Crippen LogP contribution in [0, 0.1) is 26.2 Å². The summed E-state index contributed by atoms with van der Waals surface area (Å²) in [5.41, 5.74) is 7.86. The highest BCUT2D eigenvalue weighted by Gasteiger charge is 2.20. The lowest BCUT2D eigenvalue weighted by atomic mass is 9.92. The van der Waals surface area contributed by atoms with E-state index in [0.717, 1.165) is 29.0 Å². The van der Waals surface area contributed by atoms with Crippen molar-refractivity contribution in [2.75, 3.05) is 23.4 Å². The van der Waals surface area contributed by atoms with Crippen LogP contribution in [-0.2, 0) is 16.1 Å². The van der Waals surface area contributed by atoms with Crippen LogP contribution in [-0.4, -0.2) is 19.1 Å². The molecule has 1 N–H and O–H groups in total. The summed E-state index contributed by atoms with van der Waals surface area (Å²) in [5, 5.41) is 3.12. The fraction of sp³-hybridized carbons (Fsp3) is 0.458. The molecule has 0 fully saturated rings. The number of benzene rings is 2. The number of amides is 1. The van der Waals surface area contributed by atoms with E-state index in [1.54, 1.807) is 0 Å². The lowest BCUT2D eigenvalue weighted by Crippen LogP contribution is -2.22. The summed E-state index contributed by atoms with van der Waals surface area (Å²) in [5.74, 6) is 0.0652. The molecule has 0 spiro atoms. The number of fused-ring (bicyclic) bond motifs is 1. The molecule has 28 heavy (non-hydrogen) atoms. The monoisotopic (exact) mass is 380 g/mol. The Kier molecular flexibility index (Phi) is 5.80. The van der Waals surface area contributed by atoms with Gasteiger partial charge < -0.3 is 15.0 Å². The highest BCUT2D eigenvalue weighted by Crippen LogP contribution is 2.35. The first kappa shape index (κ1) is 20.4. The normalized spacial score (nSPS) is 14.4. The zero-order valence-electron chi connectivity index (χ0n) is 18.0. The van der Waals surface area contributed by atoms with Gasteiger partial charge in [-0.05, 0) is 55.5 Å². The molecule has 1 heterocycles. The Labute approximate surface area is 168 Å². The van der Waals surface area contributed by atoms with Crippen molar-refractivity contribution >= 4 is 23.0 Å². The predicted octanol–water partition coefficient (Wildman–Crippen LogP) is 5.65. The van der Waals surface area contributed by atoms with E-state index in [9.17, 15) is 4.79 Å². The van der Waals surface area contributed by atoms with E-state index in [4.69, 9.17) is 4.74 Å². The van der Waals surface area contributed by atoms with E-state index < -0.39 is 0 Å². The number of ether oxygens (including phenoxy) is 1. The third kappa shape index (κ3) is 4.74. The highest BCUT2D eigenvalue weighted by atomic mass is 16.5. The number of anilines is 3. The fourth-order valence-corrected chi connectivity index (χ4v) is 3.78. The maximum atomic E-state index is 12.4. The van der Waals surface area contributed by atoms with Gasteiger partial charge in [-0.25, -0.2) is 0 Å². The Hall–Kier alpha value is -2.33. The lowest BCUT2D eigenvalue weighted by Gasteiger charge is -2.27. The van der Waals surface area contributed by atoms with Gasteiger partial charge in [0.25, 0.3) is 0 Å². The van der Waals surface area contributed by atoms with Crippen molar-refractivity contribution in [2.45, 2.75) is 54.6 Å². The van der Waals surface area contributed by atoms with Crippen LogP contribution in [0.3, 0.4) is 0 Å². The van der Waals surface area contributed by atoms with Gasteiger partial charge in [0, 0.05) is 35.6 Å². The quantitative estimate of drug-likeness (QED) is 0.747. The minimum absolute atomic E-state index is 0.0280. The second-order valence-corrected chi connectivity index (χ2v) is 9.08. The summed E-state index contributed by atoms with van der Waals surface area (Å²) in [6, 6.07) is 10.9. The summed E-state index contributed by atoms with van der Waals surface area (Å²) in [6.45, 7) is 14.6. The summed E-state index contributed by atoms with van der Waals surface area (Å²) < 4.78 is 5.81. The molecule has 0 saturated heterocycles. The van der Waals surface area contributed by atoms with Crippen LogP contribution in [0.5, 0.6) is 0 Å². The molecule has 1 aliphatic heterocycles. The van der Waals surface area contributed by atoms with Crippen LogP contribution in [0.1, 0.15) is 49.4 Å². The first-order valence-corrected chi connectivity index (χ1v) is 10.00. The standard InChI is InChI=1S/C24H32N2O2/c1-16-7-8-21-19(11-16)15-28-10-9-26(21)20-12-17(2)23(18(3)13-20)25-22(27)14-24(4,5)6/h7-8,11-13H,9-10,14-15H2,1-6H3,(H,25,27). The van der Waals surface area contributed by atoms with Crippen LogP contribution in [0.25, 0.3) is 0 Å².